The summed E-state index contributed by atoms with van der Waals surface area (Å²) in [6, 6.07) is 10.7. The second-order valence-electron chi connectivity index (χ2n) is 6.24. The van der Waals surface area contributed by atoms with E-state index in [1.807, 2.05) is 26.0 Å². The molecule has 0 spiro atoms. The van der Waals surface area contributed by atoms with E-state index in [1.54, 1.807) is 30.3 Å². The summed E-state index contributed by atoms with van der Waals surface area (Å²) >= 11 is 6.12. The summed E-state index contributed by atoms with van der Waals surface area (Å²) in [5.74, 6) is -1.13. The van der Waals surface area contributed by atoms with E-state index in [0.717, 1.165) is 11.1 Å². The highest BCUT2D eigenvalue weighted by Crippen LogP contribution is 2.25. The number of ether oxygens (including phenoxy) is 1. The summed E-state index contributed by atoms with van der Waals surface area (Å²) in [5, 5.41) is 5.54. The van der Waals surface area contributed by atoms with E-state index >= 15 is 0 Å². The van der Waals surface area contributed by atoms with Gasteiger partial charge < -0.3 is 21.1 Å². The molecule has 1 atom stereocenters. The SMILES string of the molecule is Cc1cccc(NC(=O)COC(=O)CC(NC(N)=O)c2ccccc2Cl)c1C. The largest absolute Gasteiger partial charge is 0.455 e. The fraction of sp³-hybridized carbons (Fsp3) is 0.250. The van der Waals surface area contributed by atoms with Crippen LogP contribution in [0.25, 0.3) is 0 Å². The Balaban J connectivity index is 1.95. The minimum Gasteiger partial charge on any atom is -0.455 e. The average Bonchev–Trinajstić information content (AvgIpc) is 2.63. The van der Waals surface area contributed by atoms with E-state index < -0.39 is 30.6 Å². The lowest BCUT2D eigenvalue weighted by Crippen LogP contribution is -2.35. The first-order valence-corrected chi connectivity index (χ1v) is 8.97. The van der Waals surface area contributed by atoms with Crippen molar-refractivity contribution in [2.45, 2.75) is 26.3 Å². The summed E-state index contributed by atoms with van der Waals surface area (Å²) in [6.07, 6.45) is -0.219. The standard InChI is InChI=1S/C20H22ClN3O4/c1-12-6-5-9-16(13(12)2)23-18(25)11-28-19(26)10-17(24-20(22)27)14-7-3-4-8-15(14)21/h3-9,17H,10-11H2,1-2H3,(H,23,25)(H3,22,24,27). The maximum absolute atomic E-state index is 12.2. The van der Waals surface area contributed by atoms with Gasteiger partial charge in [0.15, 0.2) is 6.61 Å². The van der Waals surface area contributed by atoms with Crippen molar-refractivity contribution in [2.75, 3.05) is 11.9 Å². The van der Waals surface area contributed by atoms with Crippen LogP contribution in [0.5, 0.6) is 0 Å². The zero-order valence-corrected chi connectivity index (χ0v) is 16.4. The Hall–Kier alpha value is -3.06. The minimum absolute atomic E-state index is 0.219. The van der Waals surface area contributed by atoms with Crippen LogP contribution in [0.1, 0.15) is 29.2 Å². The third-order valence-corrected chi connectivity index (χ3v) is 4.56. The van der Waals surface area contributed by atoms with Crippen LogP contribution in [0.15, 0.2) is 42.5 Å². The van der Waals surface area contributed by atoms with Crippen LogP contribution in [0, 0.1) is 13.8 Å². The zero-order chi connectivity index (χ0) is 20.7. The highest BCUT2D eigenvalue weighted by molar-refractivity contribution is 6.31. The predicted octanol–water partition coefficient (Wildman–Crippen LogP) is 3.24. The van der Waals surface area contributed by atoms with Gasteiger partial charge in [0.25, 0.3) is 5.91 Å². The van der Waals surface area contributed by atoms with Gasteiger partial charge in [-0.15, -0.1) is 0 Å². The van der Waals surface area contributed by atoms with Crippen molar-refractivity contribution in [3.8, 4) is 0 Å². The molecule has 7 nitrogen and oxygen atoms in total. The number of carbonyl (C=O) groups is 3. The predicted molar refractivity (Wildman–Crippen MR) is 107 cm³/mol. The topological polar surface area (TPSA) is 111 Å². The number of carbonyl (C=O) groups excluding carboxylic acids is 3. The van der Waals surface area contributed by atoms with Gasteiger partial charge in [0, 0.05) is 10.7 Å². The Kier molecular flexibility index (Phi) is 7.40. The molecule has 2 aromatic rings. The highest BCUT2D eigenvalue weighted by atomic mass is 35.5. The molecular weight excluding hydrogens is 382 g/mol. The quantitative estimate of drug-likeness (QED) is 0.616. The molecule has 0 aliphatic carbocycles. The van der Waals surface area contributed by atoms with E-state index in [4.69, 9.17) is 22.1 Å². The number of nitrogens with two attached hydrogens (primary N) is 1. The van der Waals surface area contributed by atoms with Crippen molar-refractivity contribution < 1.29 is 19.1 Å². The van der Waals surface area contributed by atoms with Gasteiger partial charge in [-0.3, -0.25) is 9.59 Å². The smallest absolute Gasteiger partial charge is 0.312 e. The number of urea groups is 1. The van der Waals surface area contributed by atoms with Crippen LogP contribution in [-0.2, 0) is 14.3 Å². The summed E-state index contributed by atoms with van der Waals surface area (Å²) in [4.78, 5) is 35.5. The number of anilines is 1. The highest BCUT2D eigenvalue weighted by Gasteiger charge is 2.21. The van der Waals surface area contributed by atoms with Crippen LogP contribution in [0.4, 0.5) is 10.5 Å². The molecule has 2 rings (SSSR count). The number of esters is 1. The van der Waals surface area contributed by atoms with Crippen molar-refractivity contribution in [1.29, 1.82) is 0 Å². The first-order chi connectivity index (χ1) is 13.3. The molecule has 0 aromatic heterocycles. The van der Waals surface area contributed by atoms with Crippen molar-refractivity contribution in [2.24, 2.45) is 5.73 Å². The molecular formula is C20H22ClN3O4. The molecule has 0 fully saturated rings. The molecule has 3 amide bonds. The molecule has 0 bridgehead atoms. The molecule has 148 valence electrons. The first kappa shape index (κ1) is 21.2. The van der Waals surface area contributed by atoms with Crippen molar-refractivity contribution >= 4 is 35.2 Å². The van der Waals surface area contributed by atoms with Crippen LogP contribution < -0.4 is 16.4 Å². The summed E-state index contributed by atoms with van der Waals surface area (Å²) in [5.41, 5.74) is 8.34. The summed E-state index contributed by atoms with van der Waals surface area (Å²) in [6.45, 7) is 3.38. The maximum Gasteiger partial charge on any atom is 0.312 e. The zero-order valence-electron chi connectivity index (χ0n) is 15.6. The van der Waals surface area contributed by atoms with Gasteiger partial charge in [0.1, 0.15) is 0 Å². The molecule has 0 radical (unpaired) electrons. The number of benzene rings is 2. The molecule has 28 heavy (non-hydrogen) atoms. The Bertz CT molecular complexity index is 886. The maximum atomic E-state index is 12.2. The number of hydrogen-bond acceptors (Lipinski definition) is 4. The lowest BCUT2D eigenvalue weighted by atomic mass is 10.0. The number of primary amides is 1. The van der Waals surface area contributed by atoms with E-state index in [2.05, 4.69) is 10.6 Å². The fourth-order valence-corrected chi connectivity index (χ4v) is 2.88. The second kappa shape index (κ2) is 9.75. The number of rotatable bonds is 7. The van der Waals surface area contributed by atoms with Gasteiger partial charge in [-0.05, 0) is 42.7 Å². The molecule has 0 aliphatic heterocycles. The Labute approximate surface area is 168 Å². The minimum atomic E-state index is -0.801. The number of amides is 3. The van der Waals surface area contributed by atoms with Crippen molar-refractivity contribution in [1.82, 2.24) is 5.32 Å². The molecule has 1 unspecified atom stereocenters. The Morgan fingerprint density at radius 3 is 2.50 bits per heavy atom. The van der Waals surface area contributed by atoms with E-state index in [0.29, 0.717) is 16.3 Å². The van der Waals surface area contributed by atoms with E-state index in [-0.39, 0.29) is 6.42 Å². The third-order valence-electron chi connectivity index (χ3n) is 4.21. The Morgan fingerprint density at radius 1 is 1.11 bits per heavy atom. The number of nitrogens with one attached hydrogen (secondary N) is 2. The molecule has 0 aliphatic rings. The van der Waals surface area contributed by atoms with Gasteiger partial charge in [-0.25, -0.2) is 4.79 Å². The number of hydrogen-bond donors (Lipinski definition) is 3. The van der Waals surface area contributed by atoms with Gasteiger partial charge >= 0.3 is 12.0 Å². The normalized spacial score (nSPS) is 11.4. The van der Waals surface area contributed by atoms with Gasteiger partial charge in [0.2, 0.25) is 0 Å². The van der Waals surface area contributed by atoms with Gasteiger partial charge in [0.05, 0.1) is 12.5 Å². The van der Waals surface area contributed by atoms with Gasteiger partial charge in [-0.2, -0.15) is 0 Å². The fourth-order valence-electron chi connectivity index (χ4n) is 2.61. The molecule has 0 saturated heterocycles. The van der Waals surface area contributed by atoms with Crippen LogP contribution in [0.2, 0.25) is 5.02 Å². The van der Waals surface area contributed by atoms with Crippen LogP contribution in [0.3, 0.4) is 0 Å². The monoisotopic (exact) mass is 403 g/mol. The van der Waals surface area contributed by atoms with E-state index in [9.17, 15) is 14.4 Å². The lowest BCUT2D eigenvalue weighted by molar-refractivity contribution is -0.147. The molecule has 0 saturated carbocycles. The Morgan fingerprint density at radius 2 is 1.82 bits per heavy atom. The first-order valence-electron chi connectivity index (χ1n) is 8.60. The third kappa shape index (κ3) is 5.99. The molecule has 2 aromatic carbocycles. The summed E-state index contributed by atoms with van der Waals surface area (Å²) < 4.78 is 5.03. The molecule has 0 heterocycles. The average molecular weight is 404 g/mol. The lowest BCUT2D eigenvalue weighted by Gasteiger charge is -2.18. The number of halogens is 1. The summed E-state index contributed by atoms with van der Waals surface area (Å²) in [7, 11) is 0. The van der Waals surface area contributed by atoms with Crippen LogP contribution >= 0.6 is 11.6 Å². The molecule has 8 heteroatoms. The molecule has 4 N–H and O–H groups in total. The van der Waals surface area contributed by atoms with Crippen LogP contribution in [-0.4, -0.2) is 24.5 Å². The van der Waals surface area contributed by atoms with Crippen molar-refractivity contribution in [3.63, 3.8) is 0 Å². The van der Waals surface area contributed by atoms with E-state index in [1.165, 1.54) is 0 Å². The van der Waals surface area contributed by atoms with Crippen molar-refractivity contribution in [3.05, 3.63) is 64.2 Å². The number of aryl methyl sites for hydroxylation is 1. The van der Waals surface area contributed by atoms with Gasteiger partial charge in [-0.1, -0.05) is 41.9 Å². The second-order valence-corrected chi connectivity index (χ2v) is 6.65.